The fourth-order valence-corrected chi connectivity index (χ4v) is 1.16. The molecule has 0 atom stereocenters. The first kappa shape index (κ1) is 16.6. The molecule has 0 bridgehead atoms. The van der Waals surface area contributed by atoms with Crippen LogP contribution in [0.3, 0.4) is 0 Å². The van der Waals surface area contributed by atoms with Gasteiger partial charge in [-0.05, 0) is 6.42 Å². The van der Waals surface area contributed by atoms with E-state index in [0.29, 0.717) is 0 Å². The average Bonchev–Trinajstić information content (AvgIpc) is 2.40. The number of ether oxygens (including phenoxy) is 2. The van der Waals surface area contributed by atoms with Gasteiger partial charge in [0.25, 0.3) is 0 Å². The highest BCUT2D eigenvalue weighted by molar-refractivity contribution is 5.94. The molecular formula is C14H15NO4. The Morgan fingerprint density at radius 2 is 1.47 bits per heavy atom. The minimum Gasteiger partial charge on any atom is -0.464 e. The maximum absolute atomic E-state index is 11.7. The fourth-order valence-electron chi connectivity index (χ4n) is 1.16. The van der Waals surface area contributed by atoms with Gasteiger partial charge in [-0.25, -0.2) is 0 Å². The summed E-state index contributed by atoms with van der Waals surface area (Å²) in [7, 11) is 0. The monoisotopic (exact) mass is 261 g/mol. The molecule has 5 heteroatoms. The Bertz CT molecular complexity index is 390. The average molecular weight is 261 g/mol. The molecule has 0 heterocycles. The molecule has 0 N–H and O–H groups in total. The van der Waals surface area contributed by atoms with Crippen LogP contribution in [0.5, 0.6) is 0 Å². The van der Waals surface area contributed by atoms with Crippen LogP contribution in [0.25, 0.3) is 0 Å². The fraction of sp³-hybridized carbons (Fsp3) is 0.500. The molecule has 0 aliphatic carbocycles. The highest BCUT2D eigenvalue weighted by atomic mass is 16.6. The Morgan fingerprint density at radius 3 is 1.84 bits per heavy atom. The smallest absolute Gasteiger partial charge is 0.320 e. The number of carbonyl (C=O) groups excluding carboxylic acids is 2. The highest BCUT2D eigenvalue weighted by Crippen LogP contribution is 2.11. The largest absolute Gasteiger partial charge is 0.464 e. The number of terminal acetylenes is 2. The molecule has 0 aliphatic heterocycles. The van der Waals surface area contributed by atoms with E-state index in [0.717, 1.165) is 0 Å². The van der Waals surface area contributed by atoms with Gasteiger partial charge in [-0.15, -0.1) is 24.7 Å². The van der Waals surface area contributed by atoms with Crippen LogP contribution < -0.4 is 0 Å². The number of carbonyl (C=O) groups is 2. The molecule has 0 saturated carbocycles. The number of hydrogen-bond acceptors (Lipinski definition) is 5. The first-order chi connectivity index (χ1) is 9.17. The molecule has 5 nitrogen and oxygen atoms in total. The van der Waals surface area contributed by atoms with Crippen molar-refractivity contribution in [2.45, 2.75) is 25.7 Å². The third-order valence-corrected chi connectivity index (χ3v) is 2.10. The van der Waals surface area contributed by atoms with E-state index >= 15 is 0 Å². The number of nitrogens with zero attached hydrogens (tertiary/aromatic N) is 1. The van der Waals surface area contributed by atoms with Crippen molar-refractivity contribution in [3.8, 4) is 30.8 Å². The van der Waals surface area contributed by atoms with Crippen molar-refractivity contribution in [3.05, 3.63) is 0 Å². The second-order valence-electron chi connectivity index (χ2n) is 3.49. The minimum absolute atomic E-state index is 0.0377. The Hall–Kier alpha value is -2.45. The maximum Gasteiger partial charge on any atom is 0.320 e. The standard InChI is InChI=1S/C14H15NO4/c1-3-5-10-18-13(16)12(8-7-9-15)14(17)19-11-6-4-2/h1-2,12H,5-8,10-11H2. The van der Waals surface area contributed by atoms with Gasteiger partial charge in [-0.2, -0.15) is 5.26 Å². The Morgan fingerprint density at radius 1 is 1.00 bits per heavy atom. The van der Waals surface area contributed by atoms with Crippen LogP contribution >= 0.6 is 0 Å². The molecule has 0 aromatic heterocycles. The Labute approximate surface area is 112 Å². The van der Waals surface area contributed by atoms with E-state index in [2.05, 4.69) is 11.8 Å². The molecule has 0 aromatic carbocycles. The van der Waals surface area contributed by atoms with Crippen LogP contribution in [-0.4, -0.2) is 25.2 Å². The number of nitriles is 1. The quantitative estimate of drug-likeness (QED) is 0.282. The number of hydrogen-bond donors (Lipinski definition) is 0. The highest BCUT2D eigenvalue weighted by Gasteiger charge is 2.29. The molecule has 0 unspecified atom stereocenters. The SMILES string of the molecule is C#CCCOC(=O)C(CCC#N)C(=O)OCCC#C. The van der Waals surface area contributed by atoms with Crippen molar-refractivity contribution >= 4 is 11.9 Å². The summed E-state index contributed by atoms with van der Waals surface area (Å²) >= 11 is 0. The molecule has 0 rings (SSSR count). The summed E-state index contributed by atoms with van der Waals surface area (Å²) in [5, 5.41) is 8.50. The third kappa shape index (κ3) is 7.47. The van der Waals surface area contributed by atoms with Crippen molar-refractivity contribution in [2.75, 3.05) is 13.2 Å². The Balaban J connectivity index is 4.40. The van der Waals surface area contributed by atoms with Crippen molar-refractivity contribution in [3.63, 3.8) is 0 Å². The van der Waals surface area contributed by atoms with E-state index in [4.69, 9.17) is 27.6 Å². The molecule has 0 amide bonds. The van der Waals surface area contributed by atoms with E-state index in [9.17, 15) is 9.59 Å². The van der Waals surface area contributed by atoms with Crippen molar-refractivity contribution in [1.29, 1.82) is 5.26 Å². The van der Waals surface area contributed by atoms with Crippen molar-refractivity contribution in [1.82, 2.24) is 0 Å². The zero-order chi connectivity index (χ0) is 14.5. The van der Waals surface area contributed by atoms with E-state index in [1.807, 2.05) is 6.07 Å². The molecule has 100 valence electrons. The normalized spacial score (nSPS) is 8.95. The molecule has 0 aliphatic rings. The predicted molar refractivity (Wildman–Crippen MR) is 67.2 cm³/mol. The van der Waals surface area contributed by atoms with Crippen LogP contribution in [0.15, 0.2) is 0 Å². The molecule has 0 fully saturated rings. The van der Waals surface area contributed by atoms with Crippen LogP contribution in [0.4, 0.5) is 0 Å². The first-order valence-electron chi connectivity index (χ1n) is 5.74. The van der Waals surface area contributed by atoms with E-state index in [-0.39, 0.29) is 38.9 Å². The molecule has 19 heavy (non-hydrogen) atoms. The molecule has 0 saturated heterocycles. The topological polar surface area (TPSA) is 76.4 Å². The molecular weight excluding hydrogens is 246 g/mol. The molecule has 0 aromatic rings. The summed E-state index contributed by atoms with van der Waals surface area (Å²) in [4.78, 5) is 23.3. The summed E-state index contributed by atoms with van der Waals surface area (Å²) in [5.41, 5.74) is 0. The zero-order valence-corrected chi connectivity index (χ0v) is 10.6. The second kappa shape index (κ2) is 10.7. The van der Waals surface area contributed by atoms with Crippen molar-refractivity contribution in [2.24, 2.45) is 5.92 Å². The number of rotatable bonds is 8. The van der Waals surface area contributed by atoms with Crippen LogP contribution in [0.2, 0.25) is 0 Å². The van der Waals surface area contributed by atoms with Gasteiger partial charge in [0.15, 0.2) is 5.92 Å². The van der Waals surface area contributed by atoms with Gasteiger partial charge >= 0.3 is 11.9 Å². The first-order valence-corrected chi connectivity index (χ1v) is 5.74. The summed E-state index contributed by atoms with van der Waals surface area (Å²) in [6.45, 7) is 0.0754. The lowest BCUT2D eigenvalue weighted by molar-refractivity contribution is -0.162. The van der Waals surface area contributed by atoms with E-state index in [1.165, 1.54) is 0 Å². The number of esters is 2. The van der Waals surface area contributed by atoms with Crippen molar-refractivity contribution < 1.29 is 19.1 Å². The van der Waals surface area contributed by atoms with Gasteiger partial charge < -0.3 is 9.47 Å². The summed E-state index contributed by atoms with van der Waals surface area (Å²) in [6, 6.07) is 1.86. The van der Waals surface area contributed by atoms with Gasteiger partial charge in [0.2, 0.25) is 0 Å². The minimum atomic E-state index is -1.10. The molecule has 0 radical (unpaired) electrons. The molecule has 0 spiro atoms. The summed E-state index contributed by atoms with van der Waals surface area (Å²) in [6.07, 6.45) is 10.7. The van der Waals surface area contributed by atoms with Crippen LogP contribution in [0.1, 0.15) is 25.7 Å². The van der Waals surface area contributed by atoms with Gasteiger partial charge in [0, 0.05) is 19.3 Å². The van der Waals surface area contributed by atoms with Gasteiger partial charge in [-0.3, -0.25) is 9.59 Å². The predicted octanol–water partition coefficient (Wildman–Crippen LogP) is 1.04. The van der Waals surface area contributed by atoms with E-state index in [1.54, 1.807) is 0 Å². The summed E-state index contributed by atoms with van der Waals surface area (Å²) < 4.78 is 9.67. The van der Waals surface area contributed by atoms with E-state index < -0.39 is 17.9 Å². The van der Waals surface area contributed by atoms with Crippen LogP contribution in [0, 0.1) is 41.9 Å². The second-order valence-corrected chi connectivity index (χ2v) is 3.49. The maximum atomic E-state index is 11.7. The van der Waals surface area contributed by atoms with Gasteiger partial charge in [0.1, 0.15) is 13.2 Å². The summed E-state index contributed by atoms with van der Waals surface area (Å²) in [5.74, 6) is 2.06. The lowest BCUT2D eigenvalue weighted by Crippen LogP contribution is -2.28. The third-order valence-electron chi connectivity index (χ3n) is 2.10. The zero-order valence-electron chi connectivity index (χ0n) is 10.6. The lowest BCUT2D eigenvalue weighted by atomic mass is 10.0. The van der Waals surface area contributed by atoms with Crippen LogP contribution in [-0.2, 0) is 19.1 Å². The Kier molecular flexibility index (Phi) is 9.31. The van der Waals surface area contributed by atoms with Gasteiger partial charge in [-0.1, -0.05) is 0 Å². The lowest BCUT2D eigenvalue weighted by Gasteiger charge is -2.13. The van der Waals surface area contributed by atoms with Gasteiger partial charge in [0.05, 0.1) is 6.07 Å².